The summed E-state index contributed by atoms with van der Waals surface area (Å²) in [5.41, 5.74) is -1.08. The molecule has 0 bridgehead atoms. The lowest BCUT2D eigenvalue weighted by atomic mass is 9.87. The summed E-state index contributed by atoms with van der Waals surface area (Å²) < 4.78 is 5.19. The fourth-order valence-corrected chi connectivity index (χ4v) is 3.62. The summed E-state index contributed by atoms with van der Waals surface area (Å²) >= 11 is 0. The van der Waals surface area contributed by atoms with E-state index in [9.17, 15) is 30.5 Å². The van der Waals surface area contributed by atoms with Crippen LogP contribution in [0.2, 0.25) is 0 Å². The van der Waals surface area contributed by atoms with Gasteiger partial charge in [0.2, 0.25) is 0 Å². The zero-order valence-corrected chi connectivity index (χ0v) is 15.5. The Morgan fingerprint density at radius 2 is 2.04 bits per heavy atom. The Kier molecular flexibility index (Phi) is 5.14. The predicted octanol–water partition coefficient (Wildman–Crippen LogP) is -0.536. The molecule has 1 aliphatic heterocycles. The summed E-state index contributed by atoms with van der Waals surface area (Å²) in [4.78, 5) is 20.8. The number of aromatic amines is 1. The normalized spacial score (nSPS) is 18.1. The molecule has 28 heavy (non-hydrogen) atoms. The van der Waals surface area contributed by atoms with Crippen molar-refractivity contribution in [2.45, 2.75) is 37.4 Å². The highest BCUT2D eigenvalue weighted by Gasteiger charge is 2.51. The Balaban J connectivity index is 2.11. The quantitative estimate of drug-likeness (QED) is 0.432. The first-order valence-electron chi connectivity index (χ1n) is 8.75. The molecule has 1 atom stereocenters. The fraction of sp³-hybridized carbons (Fsp3) is 0.500. The molecule has 5 N–H and O–H groups in total. The second-order valence-corrected chi connectivity index (χ2v) is 6.94. The molecule has 0 radical (unpaired) electrons. The molecule has 0 spiro atoms. The number of nitriles is 1. The van der Waals surface area contributed by atoms with E-state index in [4.69, 9.17) is 4.74 Å². The van der Waals surface area contributed by atoms with Gasteiger partial charge < -0.3 is 35.0 Å². The van der Waals surface area contributed by atoms with Crippen LogP contribution in [0.4, 0.5) is 5.69 Å². The van der Waals surface area contributed by atoms with Gasteiger partial charge in [0, 0.05) is 38.4 Å². The maximum atomic E-state index is 12.4. The SMILES string of the molecule is COC1(C(O)(O)O)CCN(c2c(C#N)c(=O)[nH]c3cnc(C(C)O)cc23)CC1. The fourth-order valence-electron chi connectivity index (χ4n) is 3.62. The number of hydrogen-bond donors (Lipinski definition) is 5. The third kappa shape index (κ3) is 3.23. The van der Waals surface area contributed by atoms with Crippen LogP contribution in [0, 0.1) is 11.3 Å². The minimum absolute atomic E-state index is 0.0422. The number of aliphatic hydroxyl groups is 4. The van der Waals surface area contributed by atoms with Gasteiger partial charge in [-0.15, -0.1) is 0 Å². The molecular formula is C18H22N4O6. The van der Waals surface area contributed by atoms with E-state index in [1.165, 1.54) is 13.3 Å². The molecule has 1 aliphatic rings. The molecule has 0 aromatic carbocycles. The smallest absolute Gasteiger partial charge is 0.306 e. The van der Waals surface area contributed by atoms with Gasteiger partial charge in [0.1, 0.15) is 11.6 Å². The van der Waals surface area contributed by atoms with Crippen molar-refractivity contribution in [3.05, 3.63) is 33.9 Å². The maximum Gasteiger partial charge on any atom is 0.306 e. The van der Waals surface area contributed by atoms with Crippen molar-refractivity contribution in [3.8, 4) is 6.07 Å². The van der Waals surface area contributed by atoms with Gasteiger partial charge in [-0.2, -0.15) is 5.26 Å². The van der Waals surface area contributed by atoms with Crippen LogP contribution < -0.4 is 10.5 Å². The number of H-pyrrole nitrogens is 1. The molecule has 150 valence electrons. The van der Waals surface area contributed by atoms with Crippen LogP contribution in [-0.2, 0) is 4.74 Å². The molecule has 2 aromatic rings. The molecule has 1 fully saturated rings. The molecule has 3 rings (SSSR count). The number of nitrogens with zero attached hydrogens (tertiary/aromatic N) is 3. The van der Waals surface area contributed by atoms with Gasteiger partial charge in [-0.25, -0.2) is 0 Å². The summed E-state index contributed by atoms with van der Waals surface area (Å²) in [6.45, 7) is 1.94. The van der Waals surface area contributed by atoms with Crippen LogP contribution in [0.3, 0.4) is 0 Å². The Morgan fingerprint density at radius 1 is 1.39 bits per heavy atom. The Labute approximate surface area is 160 Å². The predicted molar refractivity (Wildman–Crippen MR) is 98.3 cm³/mol. The zero-order valence-electron chi connectivity index (χ0n) is 15.5. The number of anilines is 1. The van der Waals surface area contributed by atoms with E-state index in [-0.39, 0.29) is 31.5 Å². The summed E-state index contributed by atoms with van der Waals surface area (Å²) in [5, 5.41) is 49.0. The Hall–Kier alpha value is -2.55. The van der Waals surface area contributed by atoms with E-state index in [1.54, 1.807) is 17.9 Å². The van der Waals surface area contributed by atoms with Crippen molar-refractivity contribution in [1.82, 2.24) is 9.97 Å². The van der Waals surface area contributed by atoms with Crippen molar-refractivity contribution in [2.24, 2.45) is 0 Å². The molecule has 1 saturated heterocycles. The third-order valence-electron chi connectivity index (χ3n) is 5.32. The van der Waals surface area contributed by atoms with E-state index in [1.807, 2.05) is 6.07 Å². The number of aliphatic hydroxyl groups excluding tert-OH is 1. The highest BCUT2D eigenvalue weighted by atomic mass is 16.7. The number of rotatable bonds is 4. The van der Waals surface area contributed by atoms with Crippen molar-refractivity contribution in [1.29, 1.82) is 5.26 Å². The number of methoxy groups -OCH3 is 1. The first-order chi connectivity index (χ1) is 13.1. The van der Waals surface area contributed by atoms with Crippen LogP contribution in [0.25, 0.3) is 10.9 Å². The standard InChI is InChI=1S/C18H22N4O6/c1-10(23)13-7-11-14(9-20-13)21-16(24)12(8-19)15(11)22-5-3-17(28-2,4-6-22)18(25,26)27/h7,9-10,23,25-27H,3-6H2,1-2H3,(H,21,24). The average molecular weight is 390 g/mol. The van der Waals surface area contributed by atoms with Crippen molar-refractivity contribution in [3.63, 3.8) is 0 Å². The van der Waals surface area contributed by atoms with Gasteiger partial charge in [-0.3, -0.25) is 9.78 Å². The van der Waals surface area contributed by atoms with Crippen LogP contribution >= 0.6 is 0 Å². The number of fused-ring (bicyclic) bond motifs is 1. The lowest BCUT2D eigenvalue weighted by Crippen LogP contribution is -2.60. The molecule has 2 aromatic heterocycles. The molecular weight excluding hydrogens is 368 g/mol. The largest absolute Gasteiger partial charge is 0.387 e. The average Bonchev–Trinajstić information content (AvgIpc) is 2.65. The lowest BCUT2D eigenvalue weighted by molar-refractivity contribution is -0.398. The summed E-state index contributed by atoms with van der Waals surface area (Å²) in [7, 11) is 1.27. The summed E-state index contributed by atoms with van der Waals surface area (Å²) in [6, 6.07) is 3.53. The highest BCUT2D eigenvalue weighted by Crippen LogP contribution is 2.37. The molecule has 10 nitrogen and oxygen atoms in total. The topological polar surface area (TPSA) is 163 Å². The molecule has 3 heterocycles. The van der Waals surface area contributed by atoms with Crippen molar-refractivity contribution < 1.29 is 25.2 Å². The lowest BCUT2D eigenvalue weighted by Gasteiger charge is -2.45. The molecule has 0 amide bonds. The van der Waals surface area contributed by atoms with E-state index in [2.05, 4.69) is 9.97 Å². The minimum Gasteiger partial charge on any atom is -0.387 e. The van der Waals surface area contributed by atoms with Gasteiger partial charge in [0.25, 0.3) is 5.56 Å². The van der Waals surface area contributed by atoms with E-state index < -0.39 is 23.2 Å². The van der Waals surface area contributed by atoms with E-state index in [0.717, 1.165) is 0 Å². The molecule has 0 saturated carbocycles. The third-order valence-corrected chi connectivity index (χ3v) is 5.32. The van der Waals surface area contributed by atoms with Crippen molar-refractivity contribution >= 4 is 16.6 Å². The Bertz CT molecular complexity index is 980. The first kappa shape index (κ1) is 20.2. The maximum absolute atomic E-state index is 12.4. The summed E-state index contributed by atoms with van der Waals surface area (Å²) in [5.74, 6) is -3.02. The number of piperidine rings is 1. The summed E-state index contributed by atoms with van der Waals surface area (Å²) in [6.07, 6.45) is 0.671. The van der Waals surface area contributed by atoms with Gasteiger partial charge in [0.05, 0.1) is 29.2 Å². The van der Waals surface area contributed by atoms with Crippen LogP contribution in [0.5, 0.6) is 0 Å². The van der Waals surface area contributed by atoms with Gasteiger partial charge in [-0.1, -0.05) is 0 Å². The van der Waals surface area contributed by atoms with Gasteiger partial charge >= 0.3 is 5.97 Å². The number of hydrogen-bond acceptors (Lipinski definition) is 9. The number of nitrogens with one attached hydrogen (secondary N) is 1. The van der Waals surface area contributed by atoms with Crippen LogP contribution in [0.15, 0.2) is 17.1 Å². The monoisotopic (exact) mass is 390 g/mol. The molecule has 1 unspecified atom stereocenters. The van der Waals surface area contributed by atoms with E-state index in [0.29, 0.717) is 22.3 Å². The highest BCUT2D eigenvalue weighted by molar-refractivity contribution is 5.94. The van der Waals surface area contributed by atoms with E-state index >= 15 is 0 Å². The van der Waals surface area contributed by atoms with Crippen LogP contribution in [0.1, 0.15) is 37.1 Å². The second-order valence-electron chi connectivity index (χ2n) is 6.94. The second kappa shape index (κ2) is 7.12. The zero-order chi connectivity index (χ0) is 20.7. The van der Waals surface area contributed by atoms with Crippen LogP contribution in [-0.4, -0.2) is 62.2 Å². The number of ether oxygens (including phenoxy) is 1. The minimum atomic E-state index is -3.02. The Morgan fingerprint density at radius 3 is 2.54 bits per heavy atom. The van der Waals surface area contributed by atoms with Crippen molar-refractivity contribution in [2.75, 3.05) is 25.1 Å². The van der Waals surface area contributed by atoms with Gasteiger partial charge in [0.15, 0.2) is 5.60 Å². The number of aromatic nitrogens is 2. The first-order valence-corrected chi connectivity index (χ1v) is 8.75. The van der Waals surface area contributed by atoms with Gasteiger partial charge in [-0.05, 0) is 13.0 Å². The number of pyridine rings is 2. The molecule has 10 heteroatoms. The molecule has 0 aliphatic carbocycles.